The molecular formula is C19H23N3O3. The molecular weight excluding hydrogens is 318 g/mol. The Labute approximate surface area is 148 Å². The van der Waals surface area contributed by atoms with Crippen LogP contribution in [0.15, 0.2) is 18.2 Å². The van der Waals surface area contributed by atoms with Gasteiger partial charge in [-0.05, 0) is 31.9 Å². The first-order valence-corrected chi connectivity index (χ1v) is 8.64. The van der Waals surface area contributed by atoms with E-state index in [0.29, 0.717) is 36.5 Å². The maximum Gasteiger partial charge on any atom is 0.259 e. The quantitative estimate of drug-likeness (QED) is 0.802. The SMILES string of the molecule is CCOc1cc(C#N)ccc1OCC(=O)NC1(C#N)CCCCCC1. The molecule has 1 saturated carbocycles. The van der Waals surface area contributed by atoms with Crippen LogP contribution in [0.4, 0.5) is 0 Å². The number of nitrogens with one attached hydrogen (secondary N) is 1. The minimum Gasteiger partial charge on any atom is -0.490 e. The van der Waals surface area contributed by atoms with Crippen molar-refractivity contribution in [2.75, 3.05) is 13.2 Å². The molecule has 1 aliphatic rings. The van der Waals surface area contributed by atoms with Gasteiger partial charge in [-0.1, -0.05) is 25.7 Å². The maximum atomic E-state index is 12.3. The lowest BCUT2D eigenvalue weighted by molar-refractivity contribution is -0.124. The maximum absolute atomic E-state index is 12.3. The van der Waals surface area contributed by atoms with Gasteiger partial charge >= 0.3 is 0 Å². The highest BCUT2D eigenvalue weighted by Gasteiger charge is 2.32. The predicted octanol–water partition coefficient (Wildman–Crippen LogP) is 3.07. The molecule has 132 valence electrons. The molecule has 2 rings (SSSR count). The van der Waals surface area contributed by atoms with Gasteiger partial charge in [-0.25, -0.2) is 0 Å². The molecule has 1 aromatic rings. The van der Waals surface area contributed by atoms with E-state index in [1.165, 1.54) is 0 Å². The Bertz CT molecular complexity index is 680. The second-order valence-corrected chi connectivity index (χ2v) is 6.15. The van der Waals surface area contributed by atoms with Gasteiger partial charge in [0.05, 0.1) is 24.3 Å². The minimum atomic E-state index is -0.787. The van der Waals surface area contributed by atoms with E-state index in [1.54, 1.807) is 18.2 Å². The summed E-state index contributed by atoms with van der Waals surface area (Å²) in [4.78, 5) is 12.3. The summed E-state index contributed by atoms with van der Waals surface area (Å²) < 4.78 is 11.0. The normalized spacial score (nSPS) is 16.0. The van der Waals surface area contributed by atoms with E-state index in [0.717, 1.165) is 25.7 Å². The van der Waals surface area contributed by atoms with E-state index in [9.17, 15) is 10.1 Å². The van der Waals surface area contributed by atoms with Crippen molar-refractivity contribution in [2.45, 2.75) is 51.0 Å². The number of benzene rings is 1. The highest BCUT2D eigenvalue weighted by Crippen LogP contribution is 2.29. The Morgan fingerprint density at radius 2 is 1.88 bits per heavy atom. The van der Waals surface area contributed by atoms with E-state index in [2.05, 4.69) is 11.4 Å². The number of carbonyl (C=O) groups is 1. The van der Waals surface area contributed by atoms with Crippen LogP contribution in [0.3, 0.4) is 0 Å². The summed E-state index contributed by atoms with van der Waals surface area (Å²) in [5.74, 6) is 0.511. The fraction of sp³-hybridized carbons (Fsp3) is 0.526. The zero-order valence-electron chi connectivity index (χ0n) is 14.5. The smallest absolute Gasteiger partial charge is 0.259 e. The first-order chi connectivity index (χ1) is 12.1. The van der Waals surface area contributed by atoms with Crippen molar-refractivity contribution in [3.8, 4) is 23.6 Å². The molecule has 0 aromatic heterocycles. The summed E-state index contributed by atoms with van der Waals surface area (Å²) >= 11 is 0. The van der Waals surface area contributed by atoms with Gasteiger partial charge in [0.25, 0.3) is 5.91 Å². The van der Waals surface area contributed by atoms with Crippen LogP contribution in [0, 0.1) is 22.7 Å². The number of amides is 1. The van der Waals surface area contributed by atoms with Gasteiger partial charge in [-0.15, -0.1) is 0 Å². The van der Waals surface area contributed by atoms with Crippen LogP contribution in [0.25, 0.3) is 0 Å². The molecule has 0 saturated heterocycles. The van der Waals surface area contributed by atoms with Crippen LogP contribution in [-0.2, 0) is 4.79 Å². The molecule has 1 aliphatic carbocycles. The molecule has 6 nitrogen and oxygen atoms in total. The molecule has 1 aromatic carbocycles. The van der Waals surface area contributed by atoms with Gasteiger partial charge in [0.1, 0.15) is 5.54 Å². The van der Waals surface area contributed by atoms with Gasteiger partial charge in [-0.2, -0.15) is 10.5 Å². The lowest BCUT2D eigenvalue weighted by Crippen LogP contribution is -2.48. The summed E-state index contributed by atoms with van der Waals surface area (Å²) in [6, 6.07) is 9.13. The van der Waals surface area contributed by atoms with E-state index in [1.807, 2.05) is 13.0 Å². The molecule has 0 bridgehead atoms. The average Bonchev–Trinajstić information content (AvgIpc) is 2.87. The molecule has 0 unspecified atom stereocenters. The van der Waals surface area contributed by atoms with Crippen LogP contribution in [-0.4, -0.2) is 24.7 Å². The molecule has 1 fully saturated rings. The second-order valence-electron chi connectivity index (χ2n) is 6.15. The van der Waals surface area contributed by atoms with Crippen LogP contribution in [0.5, 0.6) is 11.5 Å². The number of nitrogens with zero attached hydrogens (tertiary/aromatic N) is 2. The Morgan fingerprint density at radius 1 is 1.16 bits per heavy atom. The standard InChI is InChI=1S/C19H23N3O3/c1-2-24-17-11-15(12-20)7-8-16(17)25-13-18(23)22-19(14-21)9-5-3-4-6-10-19/h7-8,11H,2-6,9-10,13H2,1H3,(H,22,23). The van der Waals surface area contributed by atoms with Crippen LogP contribution < -0.4 is 14.8 Å². The Balaban J connectivity index is 2.00. The van der Waals surface area contributed by atoms with Gasteiger partial charge in [0.2, 0.25) is 0 Å². The van der Waals surface area contributed by atoms with Crippen molar-refractivity contribution in [2.24, 2.45) is 0 Å². The first kappa shape index (κ1) is 18.6. The highest BCUT2D eigenvalue weighted by molar-refractivity contribution is 5.79. The summed E-state index contributed by atoms with van der Waals surface area (Å²) in [6.07, 6.45) is 5.43. The molecule has 6 heteroatoms. The third-order valence-corrected chi connectivity index (χ3v) is 4.28. The third kappa shape index (κ3) is 5.12. The first-order valence-electron chi connectivity index (χ1n) is 8.64. The minimum absolute atomic E-state index is 0.199. The highest BCUT2D eigenvalue weighted by atomic mass is 16.5. The molecule has 0 atom stereocenters. The third-order valence-electron chi connectivity index (χ3n) is 4.28. The Kier molecular flexibility index (Phi) is 6.65. The fourth-order valence-corrected chi connectivity index (χ4v) is 3.01. The average molecular weight is 341 g/mol. The summed E-state index contributed by atoms with van der Waals surface area (Å²) in [7, 11) is 0. The lowest BCUT2D eigenvalue weighted by atomic mass is 9.92. The van der Waals surface area contributed by atoms with E-state index < -0.39 is 5.54 Å². The fourth-order valence-electron chi connectivity index (χ4n) is 3.01. The molecule has 1 N–H and O–H groups in total. The van der Waals surface area contributed by atoms with Gasteiger partial charge < -0.3 is 14.8 Å². The Hall–Kier alpha value is -2.73. The molecule has 0 aliphatic heterocycles. The van der Waals surface area contributed by atoms with Crippen molar-refractivity contribution >= 4 is 5.91 Å². The van der Waals surface area contributed by atoms with Crippen molar-refractivity contribution in [1.29, 1.82) is 10.5 Å². The molecule has 25 heavy (non-hydrogen) atoms. The number of nitriles is 2. The Morgan fingerprint density at radius 3 is 2.48 bits per heavy atom. The van der Waals surface area contributed by atoms with E-state index in [-0.39, 0.29) is 12.5 Å². The summed E-state index contributed by atoms with van der Waals surface area (Å²) in [5.41, 5.74) is -0.327. The monoisotopic (exact) mass is 341 g/mol. The van der Waals surface area contributed by atoms with Gasteiger partial charge in [-0.3, -0.25) is 4.79 Å². The van der Waals surface area contributed by atoms with E-state index in [4.69, 9.17) is 14.7 Å². The predicted molar refractivity (Wildman–Crippen MR) is 92.0 cm³/mol. The number of carbonyl (C=O) groups excluding carboxylic acids is 1. The largest absolute Gasteiger partial charge is 0.490 e. The molecule has 0 spiro atoms. The lowest BCUT2D eigenvalue weighted by Gasteiger charge is -2.26. The number of hydrogen-bond acceptors (Lipinski definition) is 5. The molecule has 1 amide bonds. The van der Waals surface area contributed by atoms with Crippen molar-refractivity contribution in [3.63, 3.8) is 0 Å². The van der Waals surface area contributed by atoms with Crippen molar-refractivity contribution < 1.29 is 14.3 Å². The number of ether oxygens (including phenoxy) is 2. The number of rotatable bonds is 6. The summed E-state index contributed by atoms with van der Waals surface area (Å²) in [5, 5.41) is 21.3. The second kappa shape index (κ2) is 8.94. The van der Waals surface area contributed by atoms with Crippen molar-refractivity contribution in [1.82, 2.24) is 5.32 Å². The topological polar surface area (TPSA) is 95.1 Å². The number of hydrogen-bond donors (Lipinski definition) is 1. The van der Waals surface area contributed by atoms with E-state index >= 15 is 0 Å². The zero-order valence-corrected chi connectivity index (χ0v) is 14.5. The zero-order chi connectivity index (χ0) is 18.1. The van der Waals surface area contributed by atoms with Crippen LogP contribution in [0.2, 0.25) is 0 Å². The van der Waals surface area contributed by atoms with Crippen LogP contribution in [0.1, 0.15) is 51.0 Å². The summed E-state index contributed by atoms with van der Waals surface area (Å²) in [6.45, 7) is 2.06. The molecule has 0 radical (unpaired) electrons. The van der Waals surface area contributed by atoms with Crippen molar-refractivity contribution in [3.05, 3.63) is 23.8 Å². The van der Waals surface area contributed by atoms with Crippen LogP contribution >= 0.6 is 0 Å². The van der Waals surface area contributed by atoms with Gasteiger partial charge in [0.15, 0.2) is 18.1 Å². The van der Waals surface area contributed by atoms with Gasteiger partial charge in [0, 0.05) is 6.07 Å². The molecule has 0 heterocycles.